The summed E-state index contributed by atoms with van der Waals surface area (Å²) in [6, 6.07) is 14.9. The maximum absolute atomic E-state index is 12.8. The van der Waals surface area contributed by atoms with Crippen molar-refractivity contribution in [2.24, 2.45) is 5.92 Å². The number of ether oxygens (including phenoxy) is 1. The van der Waals surface area contributed by atoms with Gasteiger partial charge in [-0.15, -0.1) is 0 Å². The van der Waals surface area contributed by atoms with Gasteiger partial charge in [-0.2, -0.15) is 0 Å². The fraction of sp³-hybridized carbons (Fsp3) is 0.400. The number of para-hydroxylation sites is 1. The molecule has 0 aromatic heterocycles. The summed E-state index contributed by atoms with van der Waals surface area (Å²) in [5, 5.41) is 0. The second kappa shape index (κ2) is 9.70. The maximum Gasteiger partial charge on any atom is 0.312 e. The van der Waals surface area contributed by atoms with Crippen LogP contribution in [0, 0.1) is 5.92 Å². The zero-order chi connectivity index (χ0) is 21.7. The molecule has 0 saturated carbocycles. The average molecular weight is 408 g/mol. The van der Waals surface area contributed by atoms with Gasteiger partial charge in [-0.1, -0.05) is 69.3 Å². The van der Waals surface area contributed by atoms with E-state index in [1.807, 2.05) is 31.2 Å². The quantitative estimate of drug-likeness (QED) is 0.482. The molecular weight excluding hydrogens is 378 g/mol. The molecule has 0 unspecified atom stereocenters. The van der Waals surface area contributed by atoms with Crippen LogP contribution in [0.1, 0.15) is 55.1 Å². The lowest BCUT2D eigenvalue weighted by Gasteiger charge is -2.23. The van der Waals surface area contributed by atoms with Gasteiger partial charge in [0.1, 0.15) is 0 Å². The monoisotopic (exact) mass is 407 g/mol. The third-order valence-electron chi connectivity index (χ3n) is 5.67. The van der Waals surface area contributed by atoms with E-state index in [1.165, 1.54) is 0 Å². The van der Waals surface area contributed by atoms with Crippen LogP contribution in [-0.4, -0.2) is 30.3 Å². The predicted molar refractivity (Wildman–Crippen MR) is 117 cm³/mol. The van der Waals surface area contributed by atoms with E-state index < -0.39 is 18.0 Å². The number of anilines is 1. The molecule has 5 nitrogen and oxygen atoms in total. The lowest BCUT2D eigenvalue weighted by Crippen LogP contribution is -2.32. The molecule has 1 aliphatic heterocycles. The van der Waals surface area contributed by atoms with Gasteiger partial charge in [0, 0.05) is 24.2 Å². The van der Waals surface area contributed by atoms with Crippen LogP contribution < -0.4 is 4.90 Å². The van der Waals surface area contributed by atoms with Crippen LogP contribution in [0.5, 0.6) is 0 Å². The van der Waals surface area contributed by atoms with Crippen LogP contribution in [-0.2, 0) is 27.2 Å². The number of carbonyl (C=O) groups is 3. The van der Waals surface area contributed by atoms with E-state index in [9.17, 15) is 14.4 Å². The first-order valence-corrected chi connectivity index (χ1v) is 10.7. The molecule has 2 aromatic rings. The summed E-state index contributed by atoms with van der Waals surface area (Å²) in [5.41, 5.74) is 3.64. The minimum Gasteiger partial charge on any atom is -0.454 e. The van der Waals surface area contributed by atoms with Gasteiger partial charge < -0.3 is 9.64 Å². The van der Waals surface area contributed by atoms with Gasteiger partial charge in [0.15, 0.2) is 6.10 Å². The molecule has 0 spiro atoms. The molecule has 158 valence electrons. The number of rotatable bonds is 8. The van der Waals surface area contributed by atoms with Gasteiger partial charge in [-0.3, -0.25) is 14.4 Å². The first-order valence-electron chi connectivity index (χ1n) is 10.7. The smallest absolute Gasteiger partial charge is 0.312 e. The van der Waals surface area contributed by atoms with Crippen LogP contribution in [0.2, 0.25) is 0 Å². The van der Waals surface area contributed by atoms with Crippen LogP contribution in [0.25, 0.3) is 0 Å². The molecule has 30 heavy (non-hydrogen) atoms. The van der Waals surface area contributed by atoms with Crippen molar-refractivity contribution in [2.75, 3.05) is 11.4 Å². The highest BCUT2D eigenvalue weighted by molar-refractivity contribution is 6.02. The van der Waals surface area contributed by atoms with Gasteiger partial charge in [-0.05, 0) is 30.4 Å². The third-order valence-corrected chi connectivity index (χ3v) is 5.67. The number of hydrogen-bond donors (Lipinski definition) is 0. The molecule has 1 aliphatic rings. The standard InChI is InChI=1S/C25H29NO4/c1-4-17-13-10-14-18(5-2)23(17)26-16-20(15-22(26)27)25(29)30-21(6-3)24(28)19-11-8-7-9-12-19/h7-14,20-21H,4-6,15-16H2,1-3H3/t20-,21+/m0/s1. The molecule has 0 N–H and O–H groups in total. The van der Waals surface area contributed by atoms with E-state index in [0.717, 1.165) is 29.7 Å². The molecule has 0 radical (unpaired) electrons. The molecule has 2 aromatic carbocycles. The molecule has 3 rings (SSSR count). The molecule has 1 amide bonds. The Bertz CT molecular complexity index is 900. The molecule has 0 bridgehead atoms. The summed E-state index contributed by atoms with van der Waals surface area (Å²) < 4.78 is 5.58. The molecule has 0 aliphatic carbocycles. The van der Waals surface area contributed by atoms with E-state index in [-0.39, 0.29) is 24.7 Å². The number of hydrogen-bond acceptors (Lipinski definition) is 4. The predicted octanol–water partition coefficient (Wildman–Crippen LogP) is 4.37. The number of carbonyl (C=O) groups excluding carboxylic acids is 3. The number of nitrogens with zero attached hydrogens (tertiary/aromatic N) is 1. The number of amides is 1. The third kappa shape index (κ3) is 4.45. The second-order valence-corrected chi connectivity index (χ2v) is 7.60. The van der Waals surface area contributed by atoms with Crippen LogP contribution in [0.3, 0.4) is 0 Å². The van der Waals surface area contributed by atoms with Crippen LogP contribution in [0.15, 0.2) is 48.5 Å². The molecular formula is C25H29NO4. The summed E-state index contributed by atoms with van der Waals surface area (Å²) in [6.45, 7) is 6.23. The maximum atomic E-state index is 12.8. The summed E-state index contributed by atoms with van der Waals surface area (Å²) in [6.07, 6.45) is 1.29. The van der Waals surface area contributed by atoms with Crippen molar-refractivity contribution < 1.29 is 19.1 Å². The van der Waals surface area contributed by atoms with E-state index in [4.69, 9.17) is 4.74 Å². The summed E-state index contributed by atoms with van der Waals surface area (Å²) in [7, 11) is 0. The van der Waals surface area contributed by atoms with Crippen LogP contribution >= 0.6 is 0 Å². The average Bonchev–Trinajstić information content (AvgIpc) is 3.18. The van der Waals surface area contributed by atoms with Crippen molar-refractivity contribution >= 4 is 23.3 Å². The minimum atomic E-state index is -0.835. The highest BCUT2D eigenvalue weighted by Gasteiger charge is 2.39. The Hall–Kier alpha value is -2.95. The van der Waals surface area contributed by atoms with Crippen molar-refractivity contribution in [3.05, 3.63) is 65.2 Å². The van der Waals surface area contributed by atoms with Crippen LogP contribution in [0.4, 0.5) is 5.69 Å². The number of aryl methyl sites for hydroxylation is 2. The Morgan fingerprint density at radius 1 is 1.00 bits per heavy atom. The van der Waals surface area contributed by atoms with Crippen molar-refractivity contribution in [1.29, 1.82) is 0 Å². The molecule has 1 heterocycles. The molecule has 2 atom stereocenters. The van der Waals surface area contributed by atoms with Crippen molar-refractivity contribution in [2.45, 2.75) is 52.6 Å². The zero-order valence-electron chi connectivity index (χ0n) is 17.9. The lowest BCUT2D eigenvalue weighted by atomic mass is 10.0. The first-order chi connectivity index (χ1) is 14.5. The largest absolute Gasteiger partial charge is 0.454 e. The van der Waals surface area contributed by atoms with E-state index in [2.05, 4.69) is 13.8 Å². The summed E-state index contributed by atoms with van der Waals surface area (Å²) in [5.74, 6) is -1.33. The number of esters is 1. The summed E-state index contributed by atoms with van der Waals surface area (Å²) in [4.78, 5) is 40.0. The number of benzene rings is 2. The minimum absolute atomic E-state index is 0.0741. The fourth-order valence-electron chi connectivity index (χ4n) is 3.99. The Morgan fingerprint density at radius 3 is 2.20 bits per heavy atom. The molecule has 5 heteroatoms. The van der Waals surface area contributed by atoms with Crippen molar-refractivity contribution in [1.82, 2.24) is 0 Å². The topological polar surface area (TPSA) is 63.7 Å². The van der Waals surface area contributed by atoms with Gasteiger partial charge >= 0.3 is 5.97 Å². The Morgan fingerprint density at radius 2 is 1.63 bits per heavy atom. The number of Topliss-reactive ketones (excluding diaryl/α,β-unsaturated/α-hetero) is 1. The highest BCUT2D eigenvalue weighted by Crippen LogP contribution is 2.33. The van der Waals surface area contributed by atoms with Gasteiger partial charge in [-0.25, -0.2) is 0 Å². The molecule has 1 saturated heterocycles. The van der Waals surface area contributed by atoms with Crippen molar-refractivity contribution in [3.63, 3.8) is 0 Å². The number of ketones is 1. The molecule has 1 fully saturated rings. The first kappa shape index (κ1) is 21.8. The Labute approximate surface area is 178 Å². The van der Waals surface area contributed by atoms with E-state index in [0.29, 0.717) is 12.0 Å². The summed E-state index contributed by atoms with van der Waals surface area (Å²) >= 11 is 0. The highest BCUT2D eigenvalue weighted by atomic mass is 16.5. The van der Waals surface area contributed by atoms with Gasteiger partial charge in [0.05, 0.1) is 5.92 Å². The zero-order valence-corrected chi connectivity index (χ0v) is 17.9. The van der Waals surface area contributed by atoms with Gasteiger partial charge in [0.2, 0.25) is 11.7 Å². The SMILES string of the molecule is CCc1cccc(CC)c1N1C[C@@H](C(=O)O[C@H](CC)C(=O)c2ccccc2)CC1=O. The van der Waals surface area contributed by atoms with Crippen molar-refractivity contribution in [3.8, 4) is 0 Å². The fourth-order valence-corrected chi connectivity index (χ4v) is 3.99. The lowest BCUT2D eigenvalue weighted by molar-refractivity contribution is -0.151. The Kier molecular flexibility index (Phi) is 7.03. The second-order valence-electron chi connectivity index (χ2n) is 7.60. The Balaban J connectivity index is 1.75. The normalized spacial score (nSPS) is 17.1. The van der Waals surface area contributed by atoms with E-state index >= 15 is 0 Å². The van der Waals surface area contributed by atoms with E-state index in [1.54, 1.807) is 29.2 Å². The van der Waals surface area contributed by atoms with Gasteiger partial charge in [0.25, 0.3) is 0 Å².